The summed E-state index contributed by atoms with van der Waals surface area (Å²) in [7, 11) is 0. The first-order valence-corrected chi connectivity index (χ1v) is 8.36. The van der Waals surface area contributed by atoms with Gasteiger partial charge < -0.3 is 15.2 Å². The van der Waals surface area contributed by atoms with Crippen molar-refractivity contribution in [3.8, 4) is 11.5 Å². The summed E-state index contributed by atoms with van der Waals surface area (Å²) in [4.78, 5) is 2.46. The van der Waals surface area contributed by atoms with E-state index in [1.54, 1.807) is 0 Å². The summed E-state index contributed by atoms with van der Waals surface area (Å²) in [6, 6.07) is 4.67. The van der Waals surface area contributed by atoms with Crippen LogP contribution in [0.2, 0.25) is 5.02 Å². The monoisotopic (exact) mass is 314 g/mol. The Kier molecular flexibility index (Phi) is 4.31. The molecular formula is C14H19ClN2O2S. The predicted octanol–water partition coefficient (Wildman–Crippen LogP) is 2.51. The van der Waals surface area contributed by atoms with Gasteiger partial charge in [0.1, 0.15) is 0 Å². The number of nitrogens with zero attached hydrogens (tertiary/aromatic N) is 1. The predicted molar refractivity (Wildman–Crippen MR) is 82.9 cm³/mol. The van der Waals surface area contributed by atoms with Crippen molar-refractivity contribution in [3.63, 3.8) is 0 Å². The minimum atomic E-state index is 0.179. The maximum Gasteiger partial charge on any atom is 0.231 e. The third kappa shape index (κ3) is 2.60. The Morgan fingerprint density at radius 1 is 1.50 bits per heavy atom. The van der Waals surface area contributed by atoms with Crippen LogP contribution in [0.4, 0.5) is 0 Å². The molecule has 2 aliphatic heterocycles. The van der Waals surface area contributed by atoms with E-state index in [1.807, 2.05) is 23.9 Å². The summed E-state index contributed by atoms with van der Waals surface area (Å²) in [5.41, 5.74) is 7.14. The Morgan fingerprint density at radius 3 is 3.10 bits per heavy atom. The smallest absolute Gasteiger partial charge is 0.231 e. The molecule has 2 heterocycles. The highest BCUT2D eigenvalue weighted by Gasteiger charge is 2.29. The quantitative estimate of drug-likeness (QED) is 0.929. The van der Waals surface area contributed by atoms with E-state index in [2.05, 4.69) is 11.8 Å². The summed E-state index contributed by atoms with van der Waals surface area (Å²) in [6.07, 6.45) is 0. The number of benzene rings is 1. The fraction of sp³-hybridized carbons (Fsp3) is 0.571. The van der Waals surface area contributed by atoms with Gasteiger partial charge >= 0.3 is 0 Å². The molecule has 1 aromatic carbocycles. The molecule has 2 aliphatic rings. The summed E-state index contributed by atoms with van der Waals surface area (Å²) < 4.78 is 10.8. The lowest BCUT2D eigenvalue weighted by molar-refractivity contribution is 0.165. The van der Waals surface area contributed by atoms with Gasteiger partial charge in [0.05, 0.1) is 5.02 Å². The fourth-order valence-corrected chi connectivity index (χ4v) is 4.16. The Morgan fingerprint density at radius 2 is 2.35 bits per heavy atom. The molecule has 1 fully saturated rings. The molecule has 0 aromatic heterocycles. The summed E-state index contributed by atoms with van der Waals surface area (Å²) in [6.45, 7) is 4.12. The van der Waals surface area contributed by atoms with Gasteiger partial charge in [-0.25, -0.2) is 0 Å². The van der Waals surface area contributed by atoms with E-state index in [0.717, 1.165) is 29.4 Å². The number of hydrogen-bond acceptors (Lipinski definition) is 5. The van der Waals surface area contributed by atoms with Crippen LogP contribution in [0.1, 0.15) is 18.5 Å². The van der Waals surface area contributed by atoms with Crippen LogP contribution in [0.3, 0.4) is 0 Å². The Balaban J connectivity index is 1.91. The maximum atomic E-state index is 6.28. The van der Waals surface area contributed by atoms with E-state index in [-0.39, 0.29) is 12.8 Å². The number of ether oxygens (including phenoxy) is 2. The van der Waals surface area contributed by atoms with Gasteiger partial charge in [-0.15, -0.1) is 0 Å². The molecule has 2 atom stereocenters. The molecule has 20 heavy (non-hydrogen) atoms. The van der Waals surface area contributed by atoms with E-state index in [0.29, 0.717) is 23.4 Å². The van der Waals surface area contributed by atoms with Crippen LogP contribution in [-0.2, 0) is 0 Å². The highest BCUT2D eigenvalue weighted by atomic mass is 35.5. The molecule has 6 heteroatoms. The van der Waals surface area contributed by atoms with E-state index in [4.69, 9.17) is 26.8 Å². The van der Waals surface area contributed by atoms with Crippen LogP contribution in [0.5, 0.6) is 11.5 Å². The number of thioether (sulfide) groups is 1. The van der Waals surface area contributed by atoms with Crippen molar-refractivity contribution in [2.45, 2.75) is 19.0 Å². The first-order chi connectivity index (χ1) is 9.70. The molecule has 2 unspecified atom stereocenters. The van der Waals surface area contributed by atoms with Gasteiger partial charge in [0.2, 0.25) is 6.79 Å². The molecular weight excluding hydrogens is 296 g/mol. The Bertz CT molecular complexity index is 500. The van der Waals surface area contributed by atoms with E-state index >= 15 is 0 Å². The van der Waals surface area contributed by atoms with Gasteiger partial charge in [0.25, 0.3) is 0 Å². The van der Waals surface area contributed by atoms with Crippen LogP contribution >= 0.6 is 23.4 Å². The van der Waals surface area contributed by atoms with E-state index in [1.165, 1.54) is 0 Å². The van der Waals surface area contributed by atoms with E-state index < -0.39 is 0 Å². The average Bonchev–Trinajstić information content (AvgIpc) is 2.91. The standard InChI is InChI=1S/C14H19ClN2O2S/c1-9-7-20-3-2-17(9)12(6-16)10-4-11(15)14-13(5-10)18-8-19-14/h4-5,9,12H,2-3,6-8,16H2,1H3. The second-order valence-electron chi connectivity index (χ2n) is 5.15. The molecule has 3 rings (SSSR count). The summed E-state index contributed by atoms with van der Waals surface area (Å²) >= 11 is 8.28. The first kappa shape index (κ1) is 14.3. The maximum absolute atomic E-state index is 6.28. The van der Waals surface area contributed by atoms with Crippen molar-refractivity contribution in [1.82, 2.24) is 4.90 Å². The topological polar surface area (TPSA) is 47.7 Å². The number of rotatable bonds is 3. The van der Waals surface area contributed by atoms with Gasteiger partial charge in [0, 0.05) is 36.7 Å². The molecule has 0 radical (unpaired) electrons. The van der Waals surface area contributed by atoms with Crippen molar-refractivity contribution >= 4 is 23.4 Å². The van der Waals surface area contributed by atoms with Crippen LogP contribution in [0, 0.1) is 0 Å². The minimum Gasteiger partial charge on any atom is -0.454 e. The van der Waals surface area contributed by atoms with Crippen LogP contribution in [0.15, 0.2) is 12.1 Å². The van der Waals surface area contributed by atoms with Crippen LogP contribution in [-0.4, -0.2) is 42.3 Å². The average molecular weight is 315 g/mol. The number of hydrogen-bond donors (Lipinski definition) is 1. The third-order valence-corrected chi connectivity index (χ3v) is 5.35. The SMILES string of the molecule is CC1CSCCN1C(CN)c1cc(Cl)c2c(c1)OCO2. The highest BCUT2D eigenvalue weighted by Crippen LogP contribution is 2.42. The normalized spacial score (nSPS) is 23.9. The zero-order valence-electron chi connectivity index (χ0n) is 11.5. The van der Waals surface area contributed by atoms with Crippen molar-refractivity contribution in [2.24, 2.45) is 5.73 Å². The molecule has 110 valence electrons. The molecule has 0 amide bonds. The second kappa shape index (κ2) is 6.02. The van der Waals surface area contributed by atoms with Gasteiger partial charge in [0.15, 0.2) is 11.5 Å². The molecule has 2 N–H and O–H groups in total. The summed E-state index contributed by atoms with van der Waals surface area (Å²) in [5, 5.41) is 0.604. The number of fused-ring (bicyclic) bond motifs is 1. The van der Waals surface area contributed by atoms with Crippen LogP contribution in [0.25, 0.3) is 0 Å². The third-order valence-electron chi connectivity index (χ3n) is 3.88. The number of halogens is 1. The fourth-order valence-electron chi connectivity index (χ4n) is 2.85. The first-order valence-electron chi connectivity index (χ1n) is 6.83. The Hall–Kier alpha value is -0.620. The summed E-state index contributed by atoms with van der Waals surface area (Å²) in [5.74, 6) is 3.67. The lowest BCUT2D eigenvalue weighted by atomic mass is 10.0. The van der Waals surface area contributed by atoms with Gasteiger partial charge in [-0.05, 0) is 24.6 Å². The Labute approximate surface area is 128 Å². The molecule has 1 aromatic rings. The van der Waals surface area contributed by atoms with Gasteiger partial charge in [-0.2, -0.15) is 11.8 Å². The van der Waals surface area contributed by atoms with Crippen molar-refractivity contribution in [3.05, 3.63) is 22.7 Å². The minimum absolute atomic E-state index is 0.179. The molecule has 0 bridgehead atoms. The lowest BCUT2D eigenvalue weighted by Crippen LogP contribution is -2.45. The molecule has 1 saturated heterocycles. The second-order valence-corrected chi connectivity index (χ2v) is 6.71. The molecule has 0 saturated carbocycles. The van der Waals surface area contributed by atoms with Gasteiger partial charge in [-0.1, -0.05) is 11.6 Å². The largest absolute Gasteiger partial charge is 0.454 e. The highest BCUT2D eigenvalue weighted by molar-refractivity contribution is 7.99. The molecule has 4 nitrogen and oxygen atoms in total. The zero-order chi connectivity index (χ0) is 14.1. The van der Waals surface area contributed by atoms with Crippen molar-refractivity contribution in [1.29, 1.82) is 0 Å². The van der Waals surface area contributed by atoms with Gasteiger partial charge in [-0.3, -0.25) is 4.90 Å². The molecule has 0 spiro atoms. The molecule has 0 aliphatic carbocycles. The number of nitrogens with two attached hydrogens (primary N) is 1. The zero-order valence-corrected chi connectivity index (χ0v) is 13.0. The van der Waals surface area contributed by atoms with Crippen molar-refractivity contribution < 1.29 is 9.47 Å². The van der Waals surface area contributed by atoms with Crippen molar-refractivity contribution in [2.75, 3.05) is 31.4 Å². The van der Waals surface area contributed by atoms with E-state index in [9.17, 15) is 0 Å². The lowest BCUT2D eigenvalue weighted by Gasteiger charge is -2.39. The van der Waals surface area contributed by atoms with Crippen LogP contribution < -0.4 is 15.2 Å².